The molecule has 2 fully saturated rings. The van der Waals surface area contributed by atoms with Crippen molar-refractivity contribution in [3.05, 3.63) is 69.7 Å². The Labute approximate surface area is 195 Å². The number of imide groups is 1. The van der Waals surface area contributed by atoms with Gasteiger partial charge in [-0.25, -0.2) is 0 Å². The summed E-state index contributed by atoms with van der Waals surface area (Å²) in [4.78, 5) is 25.7. The normalized spacial score (nSPS) is 25.8. The van der Waals surface area contributed by atoms with E-state index in [0.717, 1.165) is 17.0 Å². The minimum Gasteiger partial charge on any atom is -0.493 e. The van der Waals surface area contributed by atoms with Crippen LogP contribution in [0, 0.1) is 23.7 Å². The molecule has 32 heavy (non-hydrogen) atoms. The van der Waals surface area contributed by atoms with Crippen molar-refractivity contribution in [3.8, 4) is 11.5 Å². The van der Waals surface area contributed by atoms with Gasteiger partial charge in [-0.1, -0.05) is 47.5 Å². The summed E-state index contributed by atoms with van der Waals surface area (Å²) in [6, 6.07) is 10.5. The topological polar surface area (TPSA) is 68.2 Å². The molecule has 0 aromatic heterocycles. The second-order valence-corrected chi connectivity index (χ2v) is 8.98. The third-order valence-corrected chi connectivity index (χ3v) is 6.96. The van der Waals surface area contributed by atoms with Gasteiger partial charge in [0.1, 0.15) is 6.61 Å². The number of halogens is 2. The van der Waals surface area contributed by atoms with E-state index in [1.807, 2.05) is 0 Å². The van der Waals surface area contributed by atoms with E-state index in [9.17, 15) is 9.59 Å². The van der Waals surface area contributed by atoms with Crippen molar-refractivity contribution in [2.75, 3.05) is 7.11 Å². The number of carbonyl (C=O) groups excluding carboxylic acids is 2. The first-order valence-electron chi connectivity index (χ1n) is 10.3. The molecule has 0 spiro atoms. The Kier molecular flexibility index (Phi) is 5.43. The van der Waals surface area contributed by atoms with Crippen molar-refractivity contribution >= 4 is 41.2 Å². The van der Waals surface area contributed by atoms with Crippen LogP contribution in [0.1, 0.15) is 17.5 Å². The van der Waals surface area contributed by atoms with Crippen LogP contribution >= 0.6 is 23.2 Å². The number of hydrazone groups is 1. The third kappa shape index (κ3) is 3.48. The predicted octanol–water partition coefficient (Wildman–Crippen LogP) is 4.72. The van der Waals surface area contributed by atoms with Gasteiger partial charge >= 0.3 is 0 Å². The molecule has 4 unspecified atom stereocenters. The average Bonchev–Trinajstić information content (AvgIpc) is 3.46. The average molecular weight is 471 g/mol. The van der Waals surface area contributed by atoms with Crippen LogP contribution in [0.25, 0.3) is 0 Å². The molecule has 2 bridgehead atoms. The van der Waals surface area contributed by atoms with Crippen molar-refractivity contribution in [1.29, 1.82) is 0 Å². The molecule has 5 rings (SSSR count). The van der Waals surface area contributed by atoms with Gasteiger partial charge in [-0.15, -0.1) is 0 Å². The number of allylic oxidation sites excluding steroid dienone is 2. The lowest BCUT2D eigenvalue weighted by molar-refractivity contribution is -0.140. The molecule has 0 N–H and O–H groups in total. The number of carbonyl (C=O) groups is 2. The maximum atomic E-state index is 12.9. The van der Waals surface area contributed by atoms with Crippen LogP contribution in [0.4, 0.5) is 0 Å². The van der Waals surface area contributed by atoms with Gasteiger partial charge in [0.2, 0.25) is 0 Å². The van der Waals surface area contributed by atoms with Gasteiger partial charge in [0.05, 0.1) is 25.2 Å². The number of fused-ring (bicyclic) bond motifs is 5. The number of hydrogen-bond donors (Lipinski definition) is 0. The van der Waals surface area contributed by atoms with Gasteiger partial charge in [0.15, 0.2) is 11.5 Å². The molecular weight excluding hydrogens is 451 g/mol. The van der Waals surface area contributed by atoms with Crippen LogP contribution in [0.2, 0.25) is 10.0 Å². The molecule has 3 aliphatic rings. The zero-order valence-corrected chi connectivity index (χ0v) is 18.7. The van der Waals surface area contributed by atoms with Crippen LogP contribution in [-0.4, -0.2) is 30.1 Å². The second-order valence-electron chi connectivity index (χ2n) is 8.14. The maximum absolute atomic E-state index is 12.9. The minimum absolute atomic E-state index is 0.140. The fourth-order valence-electron chi connectivity index (χ4n) is 4.86. The quantitative estimate of drug-likeness (QED) is 0.347. The molecule has 164 valence electrons. The minimum atomic E-state index is -0.289. The highest BCUT2D eigenvalue weighted by Crippen LogP contribution is 2.52. The Morgan fingerprint density at radius 3 is 2.47 bits per heavy atom. The van der Waals surface area contributed by atoms with Gasteiger partial charge in [-0.3, -0.25) is 9.59 Å². The molecular formula is C24H20Cl2N2O4. The maximum Gasteiger partial charge on any atom is 0.254 e. The summed E-state index contributed by atoms with van der Waals surface area (Å²) in [6.07, 6.45) is 6.46. The Balaban J connectivity index is 1.39. The van der Waals surface area contributed by atoms with Crippen molar-refractivity contribution in [1.82, 2.24) is 5.01 Å². The van der Waals surface area contributed by atoms with Gasteiger partial charge < -0.3 is 9.47 Å². The van der Waals surface area contributed by atoms with E-state index in [1.54, 1.807) is 36.4 Å². The number of amides is 2. The second kappa shape index (κ2) is 8.26. The van der Waals surface area contributed by atoms with Gasteiger partial charge in [-0.2, -0.15) is 10.1 Å². The first kappa shape index (κ1) is 21.0. The first-order chi connectivity index (χ1) is 15.5. The summed E-state index contributed by atoms with van der Waals surface area (Å²) >= 11 is 12.2. The Bertz CT molecular complexity index is 1130. The molecule has 2 amide bonds. The van der Waals surface area contributed by atoms with E-state index < -0.39 is 0 Å². The summed E-state index contributed by atoms with van der Waals surface area (Å²) in [6.45, 7) is 0.179. The van der Waals surface area contributed by atoms with E-state index in [2.05, 4.69) is 17.3 Å². The van der Waals surface area contributed by atoms with Gasteiger partial charge in [-0.05, 0) is 42.5 Å². The number of rotatable bonds is 6. The summed E-state index contributed by atoms with van der Waals surface area (Å²) in [5, 5.41) is 6.30. The molecule has 1 saturated heterocycles. The van der Waals surface area contributed by atoms with E-state index in [-0.39, 0.29) is 42.1 Å². The van der Waals surface area contributed by atoms with Crippen LogP contribution < -0.4 is 9.47 Å². The third-order valence-electron chi connectivity index (χ3n) is 6.38. The predicted molar refractivity (Wildman–Crippen MR) is 121 cm³/mol. The molecule has 0 radical (unpaired) electrons. The fraction of sp³-hybridized carbons (Fsp3) is 0.292. The highest BCUT2D eigenvalue weighted by atomic mass is 35.5. The smallest absolute Gasteiger partial charge is 0.254 e. The largest absolute Gasteiger partial charge is 0.493 e. The highest BCUT2D eigenvalue weighted by Gasteiger charge is 2.59. The van der Waals surface area contributed by atoms with Crippen LogP contribution in [-0.2, 0) is 16.2 Å². The molecule has 2 aromatic carbocycles. The number of hydrogen-bond acceptors (Lipinski definition) is 5. The van der Waals surface area contributed by atoms with Crippen LogP contribution in [0.5, 0.6) is 11.5 Å². The highest BCUT2D eigenvalue weighted by molar-refractivity contribution is 6.35. The van der Waals surface area contributed by atoms with Crippen molar-refractivity contribution < 1.29 is 19.1 Å². The zero-order chi connectivity index (χ0) is 22.4. The first-order valence-corrected chi connectivity index (χ1v) is 11.1. The molecule has 1 aliphatic heterocycles. The Morgan fingerprint density at radius 1 is 1.09 bits per heavy atom. The van der Waals surface area contributed by atoms with Gasteiger partial charge in [0.25, 0.3) is 11.8 Å². The summed E-state index contributed by atoms with van der Waals surface area (Å²) in [5.41, 5.74) is 1.33. The van der Waals surface area contributed by atoms with E-state index in [4.69, 9.17) is 32.7 Å². The lowest BCUT2D eigenvalue weighted by Gasteiger charge is -2.15. The lowest BCUT2D eigenvalue weighted by Crippen LogP contribution is -2.28. The number of benzene rings is 2. The number of nitrogens with zero attached hydrogens (tertiary/aromatic N) is 2. The zero-order valence-electron chi connectivity index (χ0n) is 17.2. The Morgan fingerprint density at radius 2 is 1.81 bits per heavy atom. The molecule has 4 atom stereocenters. The molecule has 1 saturated carbocycles. The van der Waals surface area contributed by atoms with Crippen molar-refractivity contribution in [2.45, 2.75) is 13.0 Å². The summed E-state index contributed by atoms with van der Waals surface area (Å²) in [5.74, 6) is 0.175. The van der Waals surface area contributed by atoms with Crippen LogP contribution in [0.3, 0.4) is 0 Å². The monoisotopic (exact) mass is 470 g/mol. The fourth-order valence-corrected chi connectivity index (χ4v) is 5.32. The summed E-state index contributed by atoms with van der Waals surface area (Å²) < 4.78 is 11.4. The molecule has 8 heteroatoms. The molecule has 2 aromatic rings. The van der Waals surface area contributed by atoms with Crippen LogP contribution in [0.15, 0.2) is 53.7 Å². The van der Waals surface area contributed by atoms with Crippen molar-refractivity contribution in [3.63, 3.8) is 0 Å². The van der Waals surface area contributed by atoms with E-state index in [1.165, 1.54) is 13.3 Å². The molecule has 6 nitrogen and oxygen atoms in total. The van der Waals surface area contributed by atoms with E-state index in [0.29, 0.717) is 27.1 Å². The number of ether oxygens (including phenoxy) is 2. The number of methoxy groups -OCH3 is 1. The van der Waals surface area contributed by atoms with Crippen molar-refractivity contribution in [2.24, 2.45) is 28.8 Å². The Hall–Kier alpha value is -2.83. The molecule has 2 aliphatic carbocycles. The SMILES string of the molecule is COc1cccc(C=NN2C(=O)C3C4C=CC(C4)C3C2=O)c1OCc1ccc(Cl)cc1Cl. The lowest BCUT2D eigenvalue weighted by atomic mass is 9.85. The van der Waals surface area contributed by atoms with Gasteiger partial charge in [0, 0.05) is 21.2 Å². The number of para-hydroxylation sites is 1. The standard InChI is InChI=1S/C24H20Cl2N2O4/c1-31-19-4-2-3-15(22(19)32-12-16-7-8-17(25)10-18(16)26)11-27-28-23(29)20-13-5-6-14(9-13)21(20)24(28)30/h2-8,10-11,13-14,20-21H,9,12H2,1H3. The van der Waals surface area contributed by atoms with E-state index >= 15 is 0 Å². The summed E-state index contributed by atoms with van der Waals surface area (Å²) in [7, 11) is 1.54. The molecule has 1 heterocycles.